The highest BCUT2D eigenvalue weighted by atomic mass is 16.5. The Morgan fingerprint density at radius 3 is 2.89 bits per heavy atom. The monoisotopic (exact) mass is 264 g/mol. The lowest BCUT2D eigenvalue weighted by molar-refractivity contribution is 0.0922. The van der Waals surface area contributed by atoms with Gasteiger partial charge in [-0.3, -0.25) is 4.79 Å². The minimum atomic E-state index is -0.249. The third-order valence-corrected chi connectivity index (χ3v) is 3.36. The highest BCUT2D eigenvalue weighted by molar-refractivity contribution is 5.97. The van der Waals surface area contributed by atoms with Crippen molar-refractivity contribution < 1.29 is 14.6 Å². The Hall–Kier alpha value is -1.75. The number of phenols is 1. The lowest BCUT2D eigenvalue weighted by Gasteiger charge is -2.28. The fourth-order valence-electron chi connectivity index (χ4n) is 2.36. The van der Waals surface area contributed by atoms with E-state index in [1.54, 1.807) is 12.1 Å². The second-order valence-corrected chi connectivity index (χ2v) is 5.05. The number of hydrogen-bond acceptors (Lipinski definition) is 4. The van der Waals surface area contributed by atoms with Crippen LogP contribution in [-0.2, 0) is 0 Å². The number of hydrogen-bond donors (Lipinski definition) is 3. The van der Waals surface area contributed by atoms with E-state index >= 15 is 0 Å². The molecule has 0 radical (unpaired) electrons. The molecule has 0 aliphatic carbocycles. The van der Waals surface area contributed by atoms with E-state index in [-0.39, 0.29) is 23.3 Å². The van der Waals surface area contributed by atoms with Crippen LogP contribution in [0.25, 0.3) is 0 Å². The number of benzene rings is 1. The summed E-state index contributed by atoms with van der Waals surface area (Å²) < 4.78 is 4.99. The predicted molar refractivity (Wildman–Crippen MR) is 72.6 cm³/mol. The van der Waals surface area contributed by atoms with Gasteiger partial charge in [0.15, 0.2) is 0 Å². The first-order chi connectivity index (χ1) is 9.10. The number of aromatic hydroxyl groups is 1. The van der Waals surface area contributed by atoms with Crippen molar-refractivity contribution in [3.63, 3.8) is 0 Å². The van der Waals surface area contributed by atoms with Gasteiger partial charge in [-0.25, -0.2) is 0 Å². The summed E-state index contributed by atoms with van der Waals surface area (Å²) in [7, 11) is 1.52. The van der Waals surface area contributed by atoms with E-state index in [4.69, 9.17) is 4.74 Å². The van der Waals surface area contributed by atoms with Gasteiger partial charge in [0.25, 0.3) is 5.91 Å². The first kappa shape index (κ1) is 13.7. The first-order valence-corrected chi connectivity index (χ1v) is 6.48. The summed E-state index contributed by atoms with van der Waals surface area (Å²) in [5, 5.41) is 16.0. The maximum Gasteiger partial charge on any atom is 0.255 e. The SMILES string of the molecule is COc1ccc(C(=O)NC2CNCC(C)C2)c(O)c1. The Labute approximate surface area is 113 Å². The molecule has 1 aliphatic heterocycles. The van der Waals surface area contributed by atoms with Crippen LogP contribution in [0.1, 0.15) is 23.7 Å². The number of piperidine rings is 1. The number of rotatable bonds is 3. The highest BCUT2D eigenvalue weighted by Gasteiger charge is 2.21. The van der Waals surface area contributed by atoms with Crippen molar-refractivity contribution in [2.24, 2.45) is 5.92 Å². The summed E-state index contributed by atoms with van der Waals surface area (Å²) in [4.78, 5) is 12.1. The van der Waals surface area contributed by atoms with Crippen molar-refractivity contribution in [3.8, 4) is 11.5 Å². The van der Waals surface area contributed by atoms with Gasteiger partial charge in [0.05, 0.1) is 12.7 Å². The molecule has 1 aromatic rings. The molecule has 0 aromatic heterocycles. The predicted octanol–water partition coefficient (Wildman–Crippen LogP) is 1.13. The van der Waals surface area contributed by atoms with Crippen molar-refractivity contribution in [2.75, 3.05) is 20.2 Å². The summed E-state index contributed by atoms with van der Waals surface area (Å²) in [6.45, 7) is 3.91. The molecule has 3 N–H and O–H groups in total. The van der Waals surface area contributed by atoms with Crippen LogP contribution in [-0.4, -0.2) is 37.3 Å². The summed E-state index contributed by atoms with van der Waals surface area (Å²) in [6, 6.07) is 4.79. The average molecular weight is 264 g/mol. The molecular weight excluding hydrogens is 244 g/mol. The van der Waals surface area contributed by atoms with Crippen LogP contribution in [0.2, 0.25) is 0 Å². The van der Waals surface area contributed by atoms with Crippen LogP contribution >= 0.6 is 0 Å². The van der Waals surface area contributed by atoms with Gasteiger partial charge < -0.3 is 20.5 Å². The number of amides is 1. The van der Waals surface area contributed by atoms with Crippen molar-refractivity contribution in [3.05, 3.63) is 23.8 Å². The van der Waals surface area contributed by atoms with E-state index in [0.29, 0.717) is 11.7 Å². The van der Waals surface area contributed by atoms with Crippen LogP contribution in [0.15, 0.2) is 18.2 Å². The summed E-state index contributed by atoms with van der Waals surface area (Å²) >= 11 is 0. The summed E-state index contributed by atoms with van der Waals surface area (Å²) in [5.74, 6) is 0.764. The zero-order valence-corrected chi connectivity index (χ0v) is 11.3. The number of phenolic OH excluding ortho intramolecular Hbond substituents is 1. The van der Waals surface area contributed by atoms with E-state index < -0.39 is 0 Å². The van der Waals surface area contributed by atoms with Crippen molar-refractivity contribution in [1.29, 1.82) is 0 Å². The van der Waals surface area contributed by atoms with Gasteiger partial charge in [0.2, 0.25) is 0 Å². The van der Waals surface area contributed by atoms with Crippen LogP contribution in [0.3, 0.4) is 0 Å². The Kier molecular flexibility index (Phi) is 4.27. The van der Waals surface area contributed by atoms with Crippen LogP contribution < -0.4 is 15.4 Å². The molecule has 104 valence electrons. The minimum absolute atomic E-state index is 0.0614. The van der Waals surface area contributed by atoms with E-state index in [2.05, 4.69) is 17.6 Å². The first-order valence-electron chi connectivity index (χ1n) is 6.48. The molecule has 0 spiro atoms. The molecule has 0 saturated carbocycles. The molecule has 0 bridgehead atoms. The average Bonchev–Trinajstić information content (AvgIpc) is 2.38. The lowest BCUT2D eigenvalue weighted by Crippen LogP contribution is -2.48. The fourth-order valence-corrected chi connectivity index (χ4v) is 2.36. The van der Waals surface area contributed by atoms with Crippen LogP contribution in [0.4, 0.5) is 0 Å². The lowest BCUT2D eigenvalue weighted by atomic mass is 9.97. The normalized spacial score (nSPS) is 22.8. The van der Waals surface area contributed by atoms with Gasteiger partial charge in [-0.2, -0.15) is 0 Å². The molecule has 1 heterocycles. The van der Waals surface area contributed by atoms with E-state index in [9.17, 15) is 9.90 Å². The Morgan fingerprint density at radius 1 is 1.47 bits per heavy atom. The van der Waals surface area contributed by atoms with Crippen LogP contribution in [0, 0.1) is 5.92 Å². The molecule has 5 nitrogen and oxygen atoms in total. The number of carbonyl (C=O) groups excluding carboxylic acids is 1. The molecule has 5 heteroatoms. The molecular formula is C14H20N2O3. The standard InChI is InChI=1S/C14H20N2O3/c1-9-5-10(8-15-7-9)16-14(18)12-4-3-11(19-2)6-13(12)17/h3-4,6,9-10,15,17H,5,7-8H2,1-2H3,(H,16,18). The smallest absolute Gasteiger partial charge is 0.255 e. The Morgan fingerprint density at radius 2 is 2.26 bits per heavy atom. The zero-order valence-electron chi connectivity index (χ0n) is 11.3. The quantitative estimate of drug-likeness (QED) is 0.765. The second kappa shape index (κ2) is 5.93. The van der Waals surface area contributed by atoms with Gasteiger partial charge in [-0.1, -0.05) is 6.92 Å². The molecule has 2 unspecified atom stereocenters. The third kappa shape index (κ3) is 3.38. The molecule has 1 saturated heterocycles. The van der Waals surface area contributed by atoms with Gasteiger partial charge in [-0.15, -0.1) is 0 Å². The molecule has 1 aliphatic rings. The van der Waals surface area contributed by atoms with Crippen LogP contribution in [0.5, 0.6) is 11.5 Å². The Balaban J connectivity index is 2.03. The maximum absolute atomic E-state index is 12.1. The molecule has 1 fully saturated rings. The van der Waals surface area contributed by atoms with Gasteiger partial charge in [0, 0.05) is 18.7 Å². The maximum atomic E-state index is 12.1. The Bertz CT molecular complexity index is 462. The molecule has 1 aromatic carbocycles. The minimum Gasteiger partial charge on any atom is -0.507 e. The van der Waals surface area contributed by atoms with Gasteiger partial charge in [-0.05, 0) is 31.0 Å². The summed E-state index contributed by atoms with van der Waals surface area (Å²) in [6.07, 6.45) is 0.954. The fraction of sp³-hybridized carbons (Fsp3) is 0.500. The van der Waals surface area contributed by atoms with Crippen molar-refractivity contribution >= 4 is 5.91 Å². The highest BCUT2D eigenvalue weighted by Crippen LogP contribution is 2.23. The number of ether oxygens (including phenoxy) is 1. The van der Waals surface area contributed by atoms with E-state index in [1.807, 2.05) is 0 Å². The topological polar surface area (TPSA) is 70.6 Å². The number of methoxy groups -OCH3 is 1. The largest absolute Gasteiger partial charge is 0.507 e. The molecule has 1 amide bonds. The van der Waals surface area contributed by atoms with E-state index in [1.165, 1.54) is 13.2 Å². The second-order valence-electron chi connectivity index (χ2n) is 5.05. The summed E-state index contributed by atoms with van der Waals surface area (Å²) in [5.41, 5.74) is 0.277. The molecule has 2 atom stereocenters. The van der Waals surface area contributed by atoms with Crippen molar-refractivity contribution in [1.82, 2.24) is 10.6 Å². The third-order valence-electron chi connectivity index (χ3n) is 3.36. The van der Waals surface area contributed by atoms with Gasteiger partial charge in [0.1, 0.15) is 11.5 Å². The number of carbonyl (C=O) groups is 1. The zero-order chi connectivity index (χ0) is 13.8. The molecule has 19 heavy (non-hydrogen) atoms. The van der Waals surface area contributed by atoms with Crippen molar-refractivity contribution in [2.45, 2.75) is 19.4 Å². The molecule has 2 rings (SSSR count). The van der Waals surface area contributed by atoms with E-state index in [0.717, 1.165) is 19.5 Å². The van der Waals surface area contributed by atoms with Gasteiger partial charge >= 0.3 is 0 Å². The number of nitrogens with one attached hydrogen (secondary N) is 2.